The predicted octanol–water partition coefficient (Wildman–Crippen LogP) is 3.60. The highest BCUT2D eigenvalue weighted by molar-refractivity contribution is 5.92. The van der Waals surface area contributed by atoms with Crippen LogP contribution in [0.1, 0.15) is 60.9 Å². The van der Waals surface area contributed by atoms with Crippen molar-refractivity contribution in [2.24, 2.45) is 11.8 Å². The number of benzene rings is 2. The summed E-state index contributed by atoms with van der Waals surface area (Å²) in [4.78, 5) is 29.7. The summed E-state index contributed by atoms with van der Waals surface area (Å²) in [7, 11) is 0. The Balaban J connectivity index is 1.12. The van der Waals surface area contributed by atoms with E-state index in [9.17, 15) is 9.59 Å². The van der Waals surface area contributed by atoms with Crippen LogP contribution in [-0.2, 0) is 9.59 Å². The molecular weight excluding hydrogens is 443 g/mol. The number of hydrogen-bond acceptors (Lipinski definition) is 4. The first-order chi connectivity index (χ1) is 17.0. The van der Waals surface area contributed by atoms with E-state index in [1.807, 2.05) is 34.1 Å². The number of carbonyl (C=O) groups excluding carboxylic acids is 2. The van der Waals surface area contributed by atoms with Gasteiger partial charge >= 0.3 is 0 Å². The molecule has 2 aromatic rings. The minimum absolute atomic E-state index is 0.0897. The molecule has 3 aliphatic heterocycles. The average Bonchev–Trinajstić information content (AvgIpc) is 3.75. The molecule has 4 fully saturated rings. The van der Waals surface area contributed by atoms with Gasteiger partial charge in [0.05, 0.1) is 0 Å². The lowest BCUT2D eigenvalue weighted by Crippen LogP contribution is -2.37. The fourth-order valence-corrected chi connectivity index (χ4v) is 6.32. The number of hydrogen-bond donors (Lipinski definition) is 2. The van der Waals surface area contributed by atoms with Gasteiger partial charge in [-0.3, -0.25) is 14.9 Å². The van der Waals surface area contributed by atoms with E-state index in [-0.39, 0.29) is 35.4 Å². The number of halogens is 1. The van der Waals surface area contributed by atoms with Crippen molar-refractivity contribution in [3.63, 3.8) is 0 Å². The molecule has 1 spiro atoms. The maximum absolute atomic E-state index is 15.6. The second-order valence-corrected chi connectivity index (χ2v) is 11.1. The van der Waals surface area contributed by atoms with Gasteiger partial charge in [-0.05, 0) is 61.3 Å². The maximum Gasteiger partial charge on any atom is 0.244 e. The molecule has 35 heavy (non-hydrogen) atoms. The number of amides is 2. The first-order valence-electron chi connectivity index (χ1n) is 13.0. The largest absolute Gasteiger partial charge is 0.384 e. The molecule has 2 N–H and O–H groups in total. The first-order valence-corrected chi connectivity index (χ1v) is 13.0. The highest BCUT2D eigenvalue weighted by Gasteiger charge is 2.60. The Morgan fingerprint density at radius 3 is 2.69 bits per heavy atom. The van der Waals surface area contributed by atoms with Crippen LogP contribution < -0.4 is 10.6 Å². The molecule has 2 saturated carbocycles. The van der Waals surface area contributed by atoms with Crippen LogP contribution in [0.4, 0.5) is 10.1 Å². The first kappa shape index (κ1) is 21.4. The number of likely N-dealkylation sites (tertiary alicyclic amines) is 1. The Labute approximate surface area is 204 Å². The molecule has 2 saturated heterocycles. The highest BCUT2D eigenvalue weighted by Crippen LogP contribution is 2.47. The lowest BCUT2D eigenvalue weighted by Gasteiger charge is -2.28. The third-order valence-electron chi connectivity index (χ3n) is 8.68. The Morgan fingerprint density at radius 2 is 1.91 bits per heavy atom. The van der Waals surface area contributed by atoms with Crippen molar-refractivity contribution in [1.29, 1.82) is 0 Å². The molecule has 3 heterocycles. The molecule has 2 aromatic carbocycles. The molecule has 2 aliphatic carbocycles. The summed E-state index contributed by atoms with van der Waals surface area (Å²) < 4.78 is 15.6. The number of anilines is 1. The van der Waals surface area contributed by atoms with Gasteiger partial charge in [-0.2, -0.15) is 0 Å². The molecule has 2 unspecified atom stereocenters. The number of carbonyl (C=O) groups is 2. The number of nitrogens with zero attached hydrogens (tertiary/aromatic N) is 2. The van der Waals surface area contributed by atoms with Crippen molar-refractivity contribution in [3.05, 3.63) is 65.0 Å². The zero-order valence-electron chi connectivity index (χ0n) is 19.8. The second-order valence-electron chi connectivity index (χ2n) is 11.1. The van der Waals surface area contributed by atoms with Crippen molar-refractivity contribution < 1.29 is 14.0 Å². The van der Waals surface area contributed by atoms with Crippen LogP contribution in [-0.4, -0.2) is 53.3 Å². The zero-order valence-corrected chi connectivity index (χ0v) is 19.8. The summed E-state index contributed by atoms with van der Waals surface area (Å²) in [6.07, 6.45) is 4.08. The molecule has 2 amide bonds. The van der Waals surface area contributed by atoms with E-state index in [2.05, 4.69) is 22.8 Å². The molecule has 0 radical (unpaired) electrons. The highest BCUT2D eigenvalue weighted by atomic mass is 19.1. The van der Waals surface area contributed by atoms with E-state index >= 15 is 4.39 Å². The van der Waals surface area contributed by atoms with Crippen LogP contribution >= 0.6 is 0 Å². The summed E-state index contributed by atoms with van der Waals surface area (Å²) >= 11 is 0. The minimum Gasteiger partial charge on any atom is -0.384 e. The lowest BCUT2D eigenvalue weighted by atomic mass is 9.92. The van der Waals surface area contributed by atoms with Gasteiger partial charge in [-0.1, -0.05) is 30.3 Å². The molecule has 3 atom stereocenters. The molecule has 182 valence electrons. The second kappa shape index (κ2) is 7.79. The van der Waals surface area contributed by atoms with Gasteiger partial charge in [0.25, 0.3) is 0 Å². The predicted molar refractivity (Wildman–Crippen MR) is 130 cm³/mol. The molecule has 7 heteroatoms. The van der Waals surface area contributed by atoms with E-state index in [0.717, 1.165) is 56.4 Å². The number of para-hydroxylation sites is 1. The van der Waals surface area contributed by atoms with Crippen molar-refractivity contribution in [1.82, 2.24) is 15.1 Å². The zero-order chi connectivity index (χ0) is 23.7. The van der Waals surface area contributed by atoms with E-state index in [0.29, 0.717) is 18.7 Å². The van der Waals surface area contributed by atoms with Crippen LogP contribution in [0, 0.1) is 17.7 Å². The van der Waals surface area contributed by atoms with Gasteiger partial charge in [0.1, 0.15) is 17.5 Å². The fourth-order valence-electron chi connectivity index (χ4n) is 6.32. The Hall–Kier alpha value is -2.93. The summed E-state index contributed by atoms with van der Waals surface area (Å²) in [5.74, 6) is 0.679. The molecule has 6 nitrogen and oxygen atoms in total. The van der Waals surface area contributed by atoms with E-state index in [1.165, 1.54) is 5.56 Å². The quantitative estimate of drug-likeness (QED) is 0.695. The van der Waals surface area contributed by atoms with Gasteiger partial charge in [0, 0.05) is 49.3 Å². The Morgan fingerprint density at radius 1 is 1.09 bits per heavy atom. The van der Waals surface area contributed by atoms with Crippen molar-refractivity contribution >= 4 is 17.5 Å². The molecular formula is C28H31FN4O2. The average molecular weight is 475 g/mol. The topological polar surface area (TPSA) is 64.7 Å². The lowest BCUT2D eigenvalue weighted by molar-refractivity contribution is -0.131. The third kappa shape index (κ3) is 3.54. The Bertz CT molecular complexity index is 1210. The summed E-state index contributed by atoms with van der Waals surface area (Å²) in [6, 6.07) is 13.7. The van der Waals surface area contributed by atoms with Crippen molar-refractivity contribution in [3.8, 4) is 0 Å². The summed E-state index contributed by atoms with van der Waals surface area (Å²) in [5, 5.41) is 6.90. The van der Waals surface area contributed by atoms with Crippen LogP contribution in [0.25, 0.3) is 0 Å². The van der Waals surface area contributed by atoms with Gasteiger partial charge in [0.15, 0.2) is 0 Å². The molecule has 7 rings (SSSR count). The molecule has 5 aliphatic rings. The summed E-state index contributed by atoms with van der Waals surface area (Å²) in [5.41, 5.74) is 3.27. The van der Waals surface area contributed by atoms with Crippen molar-refractivity contribution in [2.75, 3.05) is 31.5 Å². The minimum atomic E-state index is -0.522. The number of fused-ring (bicyclic) bond motifs is 1. The molecule has 0 aromatic heterocycles. The smallest absolute Gasteiger partial charge is 0.244 e. The van der Waals surface area contributed by atoms with Crippen LogP contribution in [0.15, 0.2) is 42.5 Å². The van der Waals surface area contributed by atoms with Gasteiger partial charge in [0.2, 0.25) is 11.8 Å². The van der Waals surface area contributed by atoms with Gasteiger partial charge in [-0.25, -0.2) is 4.39 Å². The van der Waals surface area contributed by atoms with Crippen molar-refractivity contribution in [2.45, 2.75) is 49.7 Å². The third-order valence-corrected chi connectivity index (χ3v) is 8.68. The standard InChI is InChI=1S/C28H31FN4O2/c29-23-13-19(22-14-30-24-4-2-1-3-20(22)24)7-8-21(23)25-31-28(10-11-28)27(35)33(25)16-17-9-12-32(15-17)26(34)18-5-6-18/h1-4,7-8,13,17-18,22,25,30-31H,5-6,9-12,14-16H2/t17-,22?,25?/m1/s1. The number of nitrogens with one attached hydrogen (secondary N) is 2. The van der Waals surface area contributed by atoms with E-state index in [1.54, 1.807) is 6.07 Å². The Kier molecular flexibility index (Phi) is 4.75. The summed E-state index contributed by atoms with van der Waals surface area (Å²) in [6.45, 7) is 2.79. The normalized spacial score (nSPS) is 28.5. The van der Waals surface area contributed by atoms with E-state index in [4.69, 9.17) is 0 Å². The fraction of sp³-hybridized carbons (Fsp3) is 0.500. The van der Waals surface area contributed by atoms with Crippen LogP contribution in [0.3, 0.4) is 0 Å². The monoisotopic (exact) mass is 474 g/mol. The number of rotatable bonds is 5. The van der Waals surface area contributed by atoms with Gasteiger partial charge in [-0.15, -0.1) is 0 Å². The maximum atomic E-state index is 15.6. The molecule has 0 bridgehead atoms. The SMILES string of the molecule is O=C(C1CC1)N1CC[C@@H](CN2C(=O)C3(CC3)NC2c2ccc(C3CNc4ccccc43)cc2F)C1. The van der Waals surface area contributed by atoms with Crippen LogP contribution in [0.5, 0.6) is 0 Å². The van der Waals surface area contributed by atoms with E-state index < -0.39 is 11.7 Å². The van der Waals surface area contributed by atoms with Crippen LogP contribution in [0.2, 0.25) is 0 Å². The van der Waals surface area contributed by atoms with Gasteiger partial charge < -0.3 is 15.1 Å².